The Morgan fingerprint density at radius 2 is 1.62 bits per heavy atom. The van der Waals surface area contributed by atoms with Crippen LogP contribution in [-0.2, 0) is 22.6 Å². The maximum absolute atomic E-state index is 13.6. The van der Waals surface area contributed by atoms with Gasteiger partial charge in [0.25, 0.3) is 0 Å². The Labute approximate surface area is 211 Å². The maximum atomic E-state index is 13.6. The zero-order chi connectivity index (χ0) is 24.2. The summed E-state index contributed by atoms with van der Waals surface area (Å²) >= 11 is 7.70. The number of benzene rings is 3. The highest BCUT2D eigenvalue weighted by molar-refractivity contribution is 8.00. The first kappa shape index (κ1) is 25.9. The molecule has 0 aliphatic carbocycles. The second-order valence-corrected chi connectivity index (χ2v) is 9.59. The lowest BCUT2D eigenvalue weighted by atomic mass is 10.0. The van der Waals surface area contributed by atoms with E-state index in [1.807, 2.05) is 78.9 Å². The van der Waals surface area contributed by atoms with E-state index in [-0.39, 0.29) is 17.6 Å². The molecule has 0 aromatic heterocycles. The zero-order valence-electron chi connectivity index (χ0n) is 19.5. The molecule has 0 aliphatic rings. The lowest BCUT2D eigenvalue weighted by molar-refractivity contribution is -0.139. The number of hydrogen-bond acceptors (Lipinski definition) is 3. The number of nitrogens with zero attached hydrogens (tertiary/aromatic N) is 1. The fourth-order valence-electron chi connectivity index (χ4n) is 3.64. The van der Waals surface area contributed by atoms with Crippen LogP contribution < -0.4 is 5.32 Å². The van der Waals surface area contributed by atoms with E-state index >= 15 is 0 Å². The Morgan fingerprint density at radius 3 is 2.29 bits per heavy atom. The molecule has 0 heterocycles. The van der Waals surface area contributed by atoms with Gasteiger partial charge in [-0.05, 0) is 41.8 Å². The van der Waals surface area contributed by atoms with Crippen LogP contribution in [0.2, 0.25) is 5.02 Å². The van der Waals surface area contributed by atoms with E-state index in [1.54, 1.807) is 11.0 Å². The number of rotatable bonds is 12. The number of hydrogen-bond donors (Lipinski definition) is 1. The summed E-state index contributed by atoms with van der Waals surface area (Å²) in [6.45, 7) is 3.00. The summed E-state index contributed by atoms with van der Waals surface area (Å²) < 4.78 is 0. The number of amides is 2. The molecule has 0 radical (unpaired) electrons. The van der Waals surface area contributed by atoms with Crippen LogP contribution in [-0.4, -0.2) is 35.1 Å². The molecule has 0 unspecified atom stereocenters. The summed E-state index contributed by atoms with van der Waals surface area (Å²) in [5, 5.41) is 3.65. The van der Waals surface area contributed by atoms with Gasteiger partial charge in [0, 0.05) is 29.4 Å². The maximum Gasteiger partial charge on any atom is 0.243 e. The van der Waals surface area contributed by atoms with Crippen molar-refractivity contribution in [2.24, 2.45) is 0 Å². The summed E-state index contributed by atoms with van der Waals surface area (Å²) in [7, 11) is 0. The van der Waals surface area contributed by atoms with Crippen LogP contribution in [0.15, 0.2) is 89.8 Å². The summed E-state index contributed by atoms with van der Waals surface area (Å²) in [4.78, 5) is 29.6. The smallest absolute Gasteiger partial charge is 0.243 e. The van der Waals surface area contributed by atoms with Crippen LogP contribution in [0.4, 0.5) is 0 Å². The molecule has 0 spiro atoms. The van der Waals surface area contributed by atoms with Crippen molar-refractivity contribution in [3.63, 3.8) is 0 Å². The fourth-order valence-corrected chi connectivity index (χ4v) is 4.66. The third kappa shape index (κ3) is 8.23. The molecule has 0 aliphatic heterocycles. The minimum atomic E-state index is -0.623. The largest absolute Gasteiger partial charge is 0.354 e. The number of nitrogens with one attached hydrogen (secondary N) is 1. The van der Waals surface area contributed by atoms with Crippen molar-refractivity contribution < 1.29 is 9.59 Å². The molecule has 178 valence electrons. The molecule has 4 nitrogen and oxygen atoms in total. The predicted molar refractivity (Wildman–Crippen MR) is 141 cm³/mol. The van der Waals surface area contributed by atoms with Gasteiger partial charge in [-0.1, -0.05) is 85.6 Å². The SMILES string of the molecule is CCCCNC(=O)[C@H](Cc1ccccc1)N(Cc1cccc(Cl)c1)C(=O)CSc1ccccc1. The monoisotopic (exact) mass is 494 g/mol. The highest BCUT2D eigenvalue weighted by Crippen LogP contribution is 2.21. The Kier molecular flexibility index (Phi) is 10.5. The van der Waals surface area contributed by atoms with Crippen molar-refractivity contribution in [3.8, 4) is 0 Å². The lowest BCUT2D eigenvalue weighted by Crippen LogP contribution is -2.51. The Morgan fingerprint density at radius 1 is 0.941 bits per heavy atom. The average Bonchev–Trinajstić information content (AvgIpc) is 2.86. The third-order valence-corrected chi connectivity index (χ3v) is 6.68. The van der Waals surface area contributed by atoms with Crippen molar-refractivity contribution in [2.45, 2.75) is 43.7 Å². The lowest BCUT2D eigenvalue weighted by Gasteiger charge is -2.31. The molecule has 34 heavy (non-hydrogen) atoms. The second-order valence-electron chi connectivity index (χ2n) is 8.10. The number of unbranched alkanes of at least 4 members (excludes halogenated alkanes) is 1. The van der Waals surface area contributed by atoms with Crippen LogP contribution in [0.5, 0.6) is 0 Å². The van der Waals surface area contributed by atoms with Gasteiger partial charge in [0.05, 0.1) is 5.75 Å². The van der Waals surface area contributed by atoms with E-state index in [2.05, 4.69) is 12.2 Å². The highest BCUT2D eigenvalue weighted by atomic mass is 35.5. The Hall–Kier alpha value is -2.76. The van der Waals surface area contributed by atoms with Gasteiger partial charge in [0.2, 0.25) is 11.8 Å². The number of thioether (sulfide) groups is 1. The summed E-state index contributed by atoms with van der Waals surface area (Å²) in [5.41, 5.74) is 1.91. The second kappa shape index (κ2) is 13.8. The molecule has 6 heteroatoms. The topological polar surface area (TPSA) is 49.4 Å². The summed E-state index contributed by atoms with van der Waals surface area (Å²) in [5.74, 6) is 0.0377. The van der Waals surface area contributed by atoms with Gasteiger partial charge in [0.15, 0.2) is 0 Å². The summed E-state index contributed by atoms with van der Waals surface area (Å²) in [6.07, 6.45) is 2.33. The van der Waals surface area contributed by atoms with Crippen molar-refractivity contribution >= 4 is 35.2 Å². The minimum absolute atomic E-state index is 0.0830. The van der Waals surface area contributed by atoms with Gasteiger partial charge in [0.1, 0.15) is 6.04 Å². The van der Waals surface area contributed by atoms with E-state index < -0.39 is 6.04 Å². The normalized spacial score (nSPS) is 11.6. The number of carbonyl (C=O) groups is 2. The summed E-state index contributed by atoms with van der Waals surface area (Å²) in [6, 6.07) is 26.5. The van der Waals surface area contributed by atoms with E-state index in [9.17, 15) is 9.59 Å². The van der Waals surface area contributed by atoms with Crippen molar-refractivity contribution in [2.75, 3.05) is 12.3 Å². The number of halogens is 1. The van der Waals surface area contributed by atoms with Gasteiger partial charge < -0.3 is 10.2 Å². The molecule has 0 saturated heterocycles. The van der Waals surface area contributed by atoms with Crippen LogP contribution >= 0.6 is 23.4 Å². The molecule has 1 N–H and O–H groups in total. The van der Waals surface area contributed by atoms with Crippen molar-refractivity contribution in [1.82, 2.24) is 10.2 Å². The van der Waals surface area contributed by atoms with E-state index in [0.717, 1.165) is 28.9 Å². The van der Waals surface area contributed by atoms with Crippen molar-refractivity contribution in [3.05, 3.63) is 101 Å². The van der Waals surface area contributed by atoms with Gasteiger partial charge in [-0.3, -0.25) is 9.59 Å². The molecular weight excluding hydrogens is 464 g/mol. The average molecular weight is 495 g/mol. The third-order valence-electron chi connectivity index (χ3n) is 5.45. The molecule has 3 aromatic rings. The fraction of sp³-hybridized carbons (Fsp3) is 0.286. The minimum Gasteiger partial charge on any atom is -0.354 e. The van der Waals surface area contributed by atoms with E-state index in [0.29, 0.717) is 24.5 Å². The molecule has 0 fully saturated rings. The highest BCUT2D eigenvalue weighted by Gasteiger charge is 2.30. The first-order valence-electron chi connectivity index (χ1n) is 11.6. The van der Waals surface area contributed by atoms with Crippen LogP contribution in [0.3, 0.4) is 0 Å². The van der Waals surface area contributed by atoms with Crippen LogP contribution in [0.1, 0.15) is 30.9 Å². The molecule has 0 saturated carbocycles. The first-order chi connectivity index (χ1) is 16.6. The molecule has 0 bridgehead atoms. The quantitative estimate of drug-likeness (QED) is 0.248. The standard InChI is InChI=1S/C28H31ClN2O2S/c1-2-3-17-30-28(33)26(19-22-11-6-4-7-12-22)31(20-23-13-10-14-24(29)18-23)27(32)21-34-25-15-8-5-9-16-25/h4-16,18,26H,2-3,17,19-21H2,1H3,(H,30,33)/t26-/m0/s1. The first-order valence-corrected chi connectivity index (χ1v) is 13.0. The van der Waals surface area contributed by atoms with Crippen LogP contribution in [0.25, 0.3) is 0 Å². The zero-order valence-corrected chi connectivity index (χ0v) is 21.0. The van der Waals surface area contributed by atoms with Crippen molar-refractivity contribution in [1.29, 1.82) is 0 Å². The molecular formula is C28H31ClN2O2S. The Balaban J connectivity index is 1.87. The van der Waals surface area contributed by atoms with E-state index in [1.165, 1.54) is 11.8 Å². The molecule has 1 atom stereocenters. The van der Waals surface area contributed by atoms with Gasteiger partial charge >= 0.3 is 0 Å². The predicted octanol–water partition coefficient (Wildman–Crippen LogP) is 5.99. The molecule has 2 amide bonds. The Bertz CT molecular complexity index is 1050. The van der Waals surface area contributed by atoms with Gasteiger partial charge in [-0.2, -0.15) is 0 Å². The van der Waals surface area contributed by atoms with E-state index in [4.69, 9.17) is 11.6 Å². The number of carbonyl (C=O) groups excluding carboxylic acids is 2. The van der Waals surface area contributed by atoms with Gasteiger partial charge in [-0.25, -0.2) is 0 Å². The molecule has 3 rings (SSSR count). The van der Waals surface area contributed by atoms with Crippen LogP contribution in [0, 0.1) is 0 Å². The molecule has 3 aromatic carbocycles. The van der Waals surface area contributed by atoms with Gasteiger partial charge in [-0.15, -0.1) is 11.8 Å².